The molecule has 0 aliphatic heterocycles. The van der Waals surface area contributed by atoms with Crippen molar-refractivity contribution in [2.24, 2.45) is 0 Å². The normalized spacial score (nSPS) is 13.7. The average Bonchev–Trinajstić information content (AvgIpc) is 2.62. The van der Waals surface area contributed by atoms with Crippen LogP contribution < -0.4 is 10.4 Å². The molecule has 0 saturated heterocycles. The molecule has 2 aromatic carbocycles. The molecule has 0 N–H and O–H groups in total. The van der Waals surface area contributed by atoms with Crippen molar-refractivity contribution in [1.29, 1.82) is 0 Å². The first kappa shape index (κ1) is 16.7. The minimum Gasteiger partial charge on any atom is -0.487 e. The van der Waals surface area contributed by atoms with E-state index in [0.29, 0.717) is 23.0 Å². The molecule has 1 aliphatic carbocycles. The molecule has 0 bridgehead atoms. The first-order valence-corrected chi connectivity index (χ1v) is 9.44. The lowest BCUT2D eigenvalue weighted by Crippen LogP contribution is -2.15. The van der Waals surface area contributed by atoms with Gasteiger partial charge in [0.15, 0.2) is 0 Å². The fourth-order valence-electron chi connectivity index (χ4n) is 3.30. The van der Waals surface area contributed by atoms with E-state index in [4.69, 9.17) is 20.8 Å². The van der Waals surface area contributed by atoms with Crippen LogP contribution in [0.3, 0.4) is 0 Å². The second-order valence-corrected chi connectivity index (χ2v) is 7.57. The molecular formula is C20H16BrClO3. The topological polar surface area (TPSA) is 39.4 Å². The van der Waals surface area contributed by atoms with Crippen molar-refractivity contribution in [3.8, 4) is 5.75 Å². The van der Waals surface area contributed by atoms with Crippen LogP contribution in [0.15, 0.2) is 50.1 Å². The van der Waals surface area contributed by atoms with Crippen LogP contribution >= 0.6 is 27.5 Å². The van der Waals surface area contributed by atoms with Crippen LogP contribution in [0.25, 0.3) is 11.0 Å². The molecule has 1 aromatic heterocycles. The summed E-state index contributed by atoms with van der Waals surface area (Å²) in [6.45, 7) is 0.397. The highest BCUT2D eigenvalue weighted by Gasteiger charge is 2.19. The van der Waals surface area contributed by atoms with Gasteiger partial charge in [0.1, 0.15) is 17.9 Å². The second kappa shape index (κ2) is 6.85. The van der Waals surface area contributed by atoms with Crippen LogP contribution in [0.5, 0.6) is 5.75 Å². The summed E-state index contributed by atoms with van der Waals surface area (Å²) in [7, 11) is 0. The summed E-state index contributed by atoms with van der Waals surface area (Å²) < 4.78 is 12.4. The van der Waals surface area contributed by atoms with E-state index in [9.17, 15) is 4.79 Å². The van der Waals surface area contributed by atoms with Gasteiger partial charge in [-0.3, -0.25) is 0 Å². The van der Waals surface area contributed by atoms with Crippen molar-refractivity contribution in [3.63, 3.8) is 0 Å². The van der Waals surface area contributed by atoms with Gasteiger partial charge in [0.25, 0.3) is 0 Å². The number of aryl methyl sites for hydroxylation is 1. The molecule has 5 heteroatoms. The standard InChI is InChI=1S/C20H16BrClO3/c21-13-7-5-12(6-8-13)11-24-19-10-18-16(9-17(19)22)14-3-1-2-4-15(14)20(23)25-18/h5-10H,1-4,11H2. The lowest BCUT2D eigenvalue weighted by atomic mass is 9.91. The Morgan fingerprint density at radius 2 is 1.80 bits per heavy atom. The van der Waals surface area contributed by atoms with Gasteiger partial charge in [0, 0.05) is 21.5 Å². The van der Waals surface area contributed by atoms with Gasteiger partial charge in [-0.15, -0.1) is 0 Å². The third kappa shape index (κ3) is 3.33. The van der Waals surface area contributed by atoms with E-state index in [1.165, 1.54) is 0 Å². The summed E-state index contributed by atoms with van der Waals surface area (Å²) in [4.78, 5) is 12.2. The van der Waals surface area contributed by atoms with Crippen molar-refractivity contribution in [2.45, 2.75) is 32.3 Å². The zero-order valence-corrected chi connectivity index (χ0v) is 15.8. The Kier molecular flexibility index (Phi) is 4.57. The number of fused-ring (bicyclic) bond motifs is 3. The number of ether oxygens (including phenoxy) is 1. The predicted molar refractivity (Wildman–Crippen MR) is 103 cm³/mol. The van der Waals surface area contributed by atoms with Gasteiger partial charge in [-0.1, -0.05) is 39.7 Å². The molecule has 0 atom stereocenters. The quantitative estimate of drug-likeness (QED) is 0.514. The molecule has 3 aromatic rings. The van der Waals surface area contributed by atoms with Crippen molar-refractivity contribution in [3.05, 3.63) is 73.0 Å². The van der Waals surface area contributed by atoms with E-state index in [1.54, 1.807) is 6.07 Å². The Morgan fingerprint density at radius 3 is 2.56 bits per heavy atom. The van der Waals surface area contributed by atoms with Crippen molar-refractivity contribution in [1.82, 2.24) is 0 Å². The first-order valence-electron chi connectivity index (χ1n) is 8.27. The lowest BCUT2D eigenvalue weighted by molar-refractivity contribution is 0.306. The zero-order chi connectivity index (χ0) is 17.4. The maximum Gasteiger partial charge on any atom is 0.339 e. The molecule has 1 heterocycles. The largest absolute Gasteiger partial charge is 0.487 e. The van der Waals surface area contributed by atoms with Gasteiger partial charge in [-0.2, -0.15) is 0 Å². The molecular weight excluding hydrogens is 404 g/mol. The minimum atomic E-state index is -0.233. The van der Waals surface area contributed by atoms with Crippen molar-refractivity contribution >= 4 is 38.5 Å². The van der Waals surface area contributed by atoms with Gasteiger partial charge in [-0.05, 0) is 55.0 Å². The zero-order valence-electron chi connectivity index (χ0n) is 13.5. The maximum absolute atomic E-state index is 12.2. The van der Waals surface area contributed by atoms with Crippen LogP contribution in [0.1, 0.15) is 29.5 Å². The number of hydrogen-bond donors (Lipinski definition) is 0. The summed E-state index contributed by atoms with van der Waals surface area (Å²) >= 11 is 9.84. The molecule has 3 nitrogen and oxygen atoms in total. The van der Waals surface area contributed by atoms with Crippen LogP contribution in [-0.4, -0.2) is 0 Å². The Balaban J connectivity index is 1.69. The maximum atomic E-state index is 12.2. The highest BCUT2D eigenvalue weighted by Crippen LogP contribution is 2.34. The molecule has 0 amide bonds. The second-order valence-electron chi connectivity index (χ2n) is 6.25. The smallest absolute Gasteiger partial charge is 0.339 e. The minimum absolute atomic E-state index is 0.233. The van der Waals surface area contributed by atoms with E-state index in [1.807, 2.05) is 30.3 Å². The summed E-state index contributed by atoms with van der Waals surface area (Å²) in [6.07, 6.45) is 3.80. The van der Waals surface area contributed by atoms with Gasteiger partial charge in [0.2, 0.25) is 0 Å². The third-order valence-electron chi connectivity index (χ3n) is 4.58. The Morgan fingerprint density at radius 1 is 1.08 bits per heavy atom. The van der Waals surface area contributed by atoms with E-state index >= 15 is 0 Å². The summed E-state index contributed by atoms with van der Waals surface area (Å²) in [6, 6.07) is 11.5. The number of rotatable bonds is 3. The molecule has 25 heavy (non-hydrogen) atoms. The van der Waals surface area contributed by atoms with Gasteiger partial charge >= 0.3 is 5.63 Å². The summed E-state index contributed by atoms with van der Waals surface area (Å²) in [5, 5.41) is 1.46. The first-order chi connectivity index (χ1) is 12.1. The van der Waals surface area contributed by atoms with Crippen molar-refractivity contribution < 1.29 is 9.15 Å². The lowest BCUT2D eigenvalue weighted by Gasteiger charge is -2.17. The van der Waals surface area contributed by atoms with Crippen LogP contribution in [-0.2, 0) is 19.4 Å². The fraction of sp³-hybridized carbons (Fsp3) is 0.250. The average molecular weight is 420 g/mol. The van der Waals surface area contributed by atoms with Crippen LogP contribution in [0, 0.1) is 0 Å². The molecule has 0 radical (unpaired) electrons. The highest BCUT2D eigenvalue weighted by molar-refractivity contribution is 9.10. The van der Waals surface area contributed by atoms with E-state index in [2.05, 4.69) is 15.9 Å². The van der Waals surface area contributed by atoms with Crippen LogP contribution in [0.4, 0.5) is 0 Å². The summed E-state index contributed by atoms with van der Waals surface area (Å²) in [5.74, 6) is 0.524. The predicted octanol–water partition coefficient (Wildman–Crippen LogP) is 5.67. The molecule has 4 rings (SSSR count). The Bertz CT molecular complexity index is 992. The SMILES string of the molecule is O=c1oc2cc(OCc3ccc(Br)cc3)c(Cl)cc2c2c1CCCC2. The third-order valence-corrected chi connectivity index (χ3v) is 5.41. The Labute approximate surface area is 158 Å². The monoisotopic (exact) mass is 418 g/mol. The molecule has 0 saturated carbocycles. The molecule has 0 spiro atoms. The van der Waals surface area contributed by atoms with Crippen molar-refractivity contribution in [2.75, 3.05) is 0 Å². The Hall–Kier alpha value is -1.78. The number of hydrogen-bond acceptors (Lipinski definition) is 3. The highest BCUT2D eigenvalue weighted by atomic mass is 79.9. The van der Waals surface area contributed by atoms with E-state index in [0.717, 1.165) is 52.2 Å². The molecule has 0 fully saturated rings. The summed E-state index contributed by atoms with van der Waals surface area (Å²) in [5.41, 5.74) is 3.23. The molecule has 0 unspecified atom stereocenters. The van der Waals surface area contributed by atoms with Gasteiger partial charge in [-0.25, -0.2) is 4.79 Å². The molecule has 1 aliphatic rings. The van der Waals surface area contributed by atoms with Crippen LogP contribution in [0.2, 0.25) is 5.02 Å². The molecule has 128 valence electrons. The van der Waals surface area contributed by atoms with E-state index in [-0.39, 0.29) is 5.63 Å². The van der Waals surface area contributed by atoms with Gasteiger partial charge in [0.05, 0.1) is 5.02 Å². The number of halogens is 2. The van der Waals surface area contributed by atoms with E-state index < -0.39 is 0 Å². The number of benzene rings is 2. The van der Waals surface area contributed by atoms with Gasteiger partial charge < -0.3 is 9.15 Å². The fourth-order valence-corrected chi connectivity index (χ4v) is 3.78.